The first kappa shape index (κ1) is 21.9. The second-order valence-corrected chi connectivity index (χ2v) is 11.5. The molecule has 1 aromatic rings. The molecule has 168 valence electrons. The van der Waals surface area contributed by atoms with Crippen molar-refractivity contribution < 1.29 is 13.5 Å². The van der Waals surface area contributed by atoms with Crippen LogP contribution in [0.2, 0.25) is 0 Å². The summed E-state index contributed by atoms with van der Waals surface area (Å²) in [6.45, 7) is 3.54. The van der Waals surface area contributed by atoms with Crippen LogP contribution in [-0.4, -0.2) is 77.1 Å². The van der Waals surface area contributed by atoms with E-state index in [0.717, 1.165) is 62.9 Å². The molecule has 1 atom stereocenters. The Morgan fingerprint density at radius 1 is 1.17 bits per heavy atom. The maximum atomic E-state index is 12.4. The van der Waals surface area contributed by atoms with Crippen molar-refractivity contribution in [3.05, 3.63) is 27.7 Å². The average Bonchev–Trinajstić information content (AvgIpc) is 2.69. The zero-order chi connectivity index (χ0) is 21.4. The Hall–Kier alpha value is -1.29. The lowest BCUT2D eigenvalue weighted by atomic mass is 9.91. The van der Waals surface area contributed by atoms with Crippen molar-refractivity contribution in [1.29, 1.82) is 0 Å². The van der Waals surface area contributed by atoms with E-state index in [0.29, 0.717) is 38.4 Å². The molecular formula is C21H34N4O4S. The monoisotopic (exact) mass is 438 g/mol. The van der Waals surface area contributed by atoms with E-state index in [1.807, 2.05) is 0 Å². The zero-order valence-corrected chi connectivity index (χ0v) is 18.7. The largest absolute Gasteiger partial charge is 0.387 e. The van der Waals surface area contributed by atoms with Gasteiger partial charge < -0.3 is 10.0 Å². The third kappa shape index (κ3) is 5.12. The number of aryl methyl sites for hydroxylation is 2. The third-order valence-electron chi connectivity index (χ3n) is 6.92. The summed E-state index contributed by atoms with van der Waals surface area (Å²) in [4.78, 5) is 14.7. The molecule has 1 N–H and O–H groups in total. The summed E-state index contributed by atoms with van der Waals surface area (Å²) in [5.74, 6) is 0.404. The molecule has 1 aromatic heterocycles. The van der Waals surface area contributed by atoms with Gasteiger partial charge in [0.15, 0.2) is 0 Å². The van der Waals surface area contributed by atoms with Crippen LogP contribution in [0.25, 0.3) is 0 Å². The number of likely N-dealkylation sites (tertiary alicyclic amines) is 1. The molecule has 0 aromatic carbocycles. The van der Waals surface area contributed by atoms with Crippen LogP contribution in [0, 0.1) is 5.92 Å². The normalized spacial score (nSPS) is 27.1. The van der Waals surface area contributed by atoms with Crippen LogP contribution < -0.4 is 5.56 Å². The van der Waals surface area contributed by atoms with Crippen LogP contribution in [0.4, 0.5) is 0 Å². The van der Waals surface area contributed by atoms with Gasteiger partial charge in [-0.25, -0.2) is 13.1 Å². The number of nitrogens with zero attached hydrogens (tertiary/aromatic N) is 4. The Balaban J connectivity index is 1.32. The fourth-order valence-electron chi connectivity index (χ4n) is 5.20. The number of piperidine rings is 2. The molecule has 2 saturated heterocycles. The lowest BCUT2D eigenvalue weighted by Gasteiger charge is -2.42. The van der Waals surface area contributed by atoms with Gasteiger partial charge in [0.1, 0.15) is 0 Å². The van der Waals surface area contributed by atoms with Crippen LogP contribution in [0.5, 0.6) is 0 Å². The molecule has 0 spiro atoms. The summed E-state index contributed by atoms with van der Waals surface area (Å²) in [6.07, 6.45) is 8.67. The Bertz CT molecular complexity index is 923. The van der Waals surface area contributed by atoms with Gasteiger partial charge in [-0.2, -0.15) is 9.40 Å². The molecule has 1 aliphatic carbocycles. The number of sulfonamides is 1. The van der Waals surface area contributed by atoms with Crippen LogP contribution in [-0.2, 0) is 29.4 Å². The molecule has 2 fully saturated rings. The third-order valence-corrected chi connectivity index (χ3v) is 8.17. The van der Waals surface area contributed by atoms with Gasteiger partial charge >= 0.3 is 0 Å². The van der Waals surface area contributed by atoms with E-state index in [9.17, 15) is 18.3 Å². The number of hydrogen-bond donors (Lipinski definition) is 1. The molecule has 30 heavy (non-hydrogen) atoms. The second kappa shape index (κ2) is 8.68. The minimum Gasteiger partial charge on any atom is -0.387 e. The van der Waals surface area contributed by atoms with Crippen molar-refractivity contribution in [2.45, 2.75) is 63.5 Å². The molecule has 8 nitrogen and oxygen atoms in total. The highest BCUT2D eigenvalue weighted by atomic mass is 32.2. The molecule has 0 radical (unpaired) electrons. The molecule has 2 aliphatic heterocycles. The van der Waals surface area contributed by atoms with Crippen LogP contribution in [0.1, 0.15) is 49.8 Å². The Morgan fingerprint density at radius 3 is 2.63 bits per heavy atom. The predicted octanol–water partition coefficient (Wildman–Crippen LogP) is 0.621. The summed E-state index contributed by atoms with van der Waals surface area (Å²) in [5.41, 5.74) is 1.25. The smallest absolute Gasteiger partial charge is 0.267 e. The van der Waals surface area contributed by atoms with Gasteiger partial charge in [-0.05, 0) is 75.9 Å². The van der Waals surface area contributed by atoms with E-state index in [2.05, 4.69) is 10.00 Å². The molecule has 0 saturated carbocycles. The quantitative estimate of drug-likeness (QED) is 0.724. The number of aromatic nitrogens is 2. The van der Waals surface area contributed by atoms with Gasteiger partial charge in [-0.3, -0.25) is 4.79 Å². The van der Waals surface area contributed by atoms with Crippen LogP contribution >= 0.6 is 0 Å². The highest BCUT2D eigenvalue weighted by molar-refractivity contribution is 7.88. The van der Waals surface area contributed by atoms with Gasteiger partial charge in [0.05, 0.1) is 17.6 Å². The van der Waals surface area contributed by atoms with Gasteiger partial charge in [-0.15, -0.1) is 0 Å². The molecule has 3 aliphatic rings. The molecule has 9 heteroatoms. The maximum absolute atomic E-state index is 12.4. The van der Waals surface area contributed by atoms with E-state index in [1.54, 1.807) is 10.7 Å². The standard InChI is InChI=1S/C21H34N4O4S/c1-30(28,29)24-10-4-9-21(27,16-24)15-23-11-7-17(8-12-23)14-25-20(26)13-18-5-2-3-6-19(18)22-25/h13,17,27H,2-12,14-16H2,1H3. The van der Waals surface area contributed by atoms with Crippen molar-refractivity contribution >= 4 is 10.0 Å². The molecule has 4 rings (SSSR count). The predicted molar refractivity (Wildman–Crippen MR) is 115 cm³/mol. The van der Waals surface area contributed by atoms with Crippen LogP contribution in [0.3, 0.4) is 0 Å². The Kier molecular flexibility index (Phi) is 6.35. The van der Waals surface area contributed by atoms with Gasteiger partial charge in [-0.1, -0.05) is 0 Å². The van der Waals surface area contributed by atoms with E-state index in [-0.39, 0.29) is 12.1 Å². The number of β-amino-alcohol motifs (C(OH)–C–C–N with tert-alkyl or cyclic N) is 1. The van der Waals surface area contributed by atoms with Crippen molar-refractivity contribution in [1.82, 2.24) is 19.0 Å². The van der Waals surface area contributed by atoms with Gasteiger partial charge in [0.25, 0.3) is 5.56 Å². The maximum Gasteiger partial charge on any atom is 0.267 e. The van der Waals surface area contributed by atoms with E-state index in [4.69, 9.17) is 0 Å². The highest BCUT2D eigenvalue weighted by Crippen LogP contribution is 2.27. The number of aliphatic hydroxyl groups is 1. The first-order valence-electron chi connectivity index (χ1n) is 11.2. The summed E-state index contributed by atoms with van der Waals surface area (Å²) < 4.78 is 26.8. The molecule has 3 heterocycles. The van der Waals surface area contributed by atoms with Gasteiger partial charge in [0, 0.05) is 32.2 Å². The van der Waals surface area contributed by atoms with E-state index >= 15 is 0 Å². The SMILES string of the molecule is CS(=O)(=O)N1CCCC(O)(CN2CCC(Cn3nc4c(cc3=O)CCCC4)CC2)C1. The number of hydrogen-bond acceptors (Lipinski definition) is 6. The van der Waals surface area contributed by atoms with Crippen molar-refractivity contribution in [2.75, 3.05) is 39.0 Å². The minimum atomic E-state index is -3.28. The Labute approximate surface area is 178 Å². The molecule has 1 unspecified atom stereocenters. The fourth-order valence-corrected chi connectivity index (χ4v) is 6.14. The summed E-state index contributed by atoms with van der Waals surface area (Å²) in [5, 5.41) is 15.7. The van der Waals surface area contributed by atoms with Crippen molar-refractivity contribution in [3.63, 3.8) is 0 Å². The summed E-state index contributed by atoms with van der Waals surface area (Å²) >= 11 is 0. The number of fused-ring (bicyclic) bond motifs is 1. The summed E-state index contributed by atoms with van der Waals surface area (Å²) in [6, 6.07) is 1.78. The van der Waals surface area contributed by atoms with E-state index < -0.39 is 15.6 Å². The lowest BCUT2D eigenvalue weighted by molar-refractivity contribution is -0.0409. The highest BCUT2D eigenvalue weighted by Gasteiger charge is 2.38. The molecule has 0 amide bonds. The second-order valence-electron chi connectivity index (χ2n) is 9.49. The lowest BCUT2D eigenvalue weighted by Crippen LogP contribution is -2.56. The minimum absolute atomic E-state index is 0.00969. The fraction of sp³-hybridized carbons (Fsp3) is 0.810. The average molecular weight is 439 g/mol. The molecular weight excluding hydrogens is 404 g/mol. The van der Waals surface area contributed by atoms with Crippen LogP contribution in [0.15, 0.2) is 10.9 Å². The van der Waals surface area contributed by atoms with Gasteiger partial charge in [0.2, 0.25) is 10.0 Å². The Morgan fingerprint density at radius 2 is 1.90 bits per heavy atom. The first-order valence-corrected chi connectivity index (χ1v) is 13.1. The van der Waals surface area contributed by atoms with Crippen molar-refractivity contribution in [2.24, 2.45) is 5.92 Å². The topological polar surface area (TPSA) is 95.7 Å². The van der Waals surface area contributed by atoms with Crippen molar-refractivity contribution in [3.8, 4) is 0 Å². The molecule has 0 bridgehead atoms. The van der Waals surface area contributed by atoms with E-state index in [1.165, 1.54) is 10.6 Å². The summed E-state index contributed by atoms with van der Waals surface area (Å²) in [7, 11) is -3.28. The first-order chi connectivity index (χ1) is 14.2. The zero-order valence-electron chi connectivity index (χ0n) is 17.9. The number of rotatable bonds is 5.